The predicted octanol–water partition coefficient (Wildman–Crippen LogP) is 1.35. The number of likely N-dealkylation sites (tertiary alicyclic amines) is 1. The summed E-state index contributed by atoms with van der Waals surface area (Å²) in [5.41, 5.74) is 0.856. The Morgan fingerprint density at radius 2 is 1.79 bits per heavy atom. The zero-order valence-corrected chi connectivity index (χ0v) is 14.7. The smallest absolute Gasteiger partial charge is 0.223 e. The largest absolute Gasteiger partial charge is 0.339 e. The Morgan fingerprint density at radius 3 is 2.38 bits per heavy atom. The second kappa shape index (κ2) is 5.52. The molecule has 0 N–H and O–H groups in total. The number of pyridine rings is 1. The average Bonchev–Trinajstić information content (AvgIpc) is 3.42. The number of piperidine rings is 1. The van der Waals surface area contributed by atoms with Gasteiger partial charge >= 0.3 is 0 Å². The molecule has 1 saturated carbocycles. The van der Waals surface area contributed by atoms with Crippen molar-refractivity contribution in [2.24, 2.45) is 0 Å². The van der Waals surface area contributed by atoms with E-state index in [1.807, 2.05) is 24.1 Å². The van der Waals surface area contributed by atoms with Crippen LogP contribution in [0.4, 0.5) is 0 Å². The lowest BCUT2D eigenvalue weighted by Crippen LogP contribution is -2.55. The van der Waals surface area contributed by atoms with Crippen LogP contribution in [0.2, 0.25) is 0 Å². The molecule has 1 aromatic heterocycles. The van der Waals surface area contributed by atoms with E-state index in [1.165, 1.54) is 0 Å². The molecule has 1 atom stereocenters. The van der Waals surface area contributed by atoms with Crippen LogP contribution in [0.5, 0.6) is 0 Å². The van der Waals surface area contributed by atoms with E-state index in [0.29, 0.717) is 32.4 Å². The topological polar surface area (TPSA) is 70.6 Å². The minimum absolute atomic E-state index is 0.115. The highest BCUT2D eigenvalue weighted by Crippen LogP contribution is 2.48. The average molecular weight is 349 g/mol. The Labute approximate surface area is 142 Å². The number of nitrogens with zero attached hydrogens (tertiary/aromatic N) is 3. The van der Waals surface area contributed by atoms with Gasteiger partial charge in [0.2, 0.25) is 15.9 Å². The molecule has 24 heavy (non-hydrogen) atoms. The molecule has 1 amide bonds. The third-order valence-corrected chi connectivity index (χ3v) is 8.47. The highest BCUT2D eigenvalue weighted by molar-refractivity contribution is 7.90. The van der Waals surface area contributed by atoms with Crippen LogP contribution in [0.25, 0.3) is 0 Å². The summed E-state index contributed by atoms with van der Waals surface area (Å²) in [5.74, 6) is 0.263. The molecule has 4 rings (SSSR count). The number of likely N-dealkylation sites (N-methyl/N-ethyl adjacent to an activating group) is 1. The lowest BCUT2D eigenvalue weighted by molar-refractivity contribution is -0.130. The van der Waals surface area contributed by atoms with Gasteiger partial charge in [0.25, 0.3) is 0 Å². The van der Waals surface area contributed by atoms with Crippen LogP contribution in [0.15, 0.2) is 24.5 Å². The Hall–Kier alpha value is -1.47. The zero-order valence-electron chi connectivity index (χ0n) is 13.9. The number of sulfonamides is 1. The Balaban J connectivity index is 1.60. The molecule has 0 radical (unpaired) electrons. The molecule has 0 bridgehead atoms. The summed E-state index contributed by atoms with van der Waals surface area (Å²) in [6.45, 7) is 1.02. The van der Waals surface area contributed by atoms with Gasteiger partial charge < -0.3 is 4.90 Å². The maximum absolute atomic E-state index is 12.5. The Morgan fingerprint density at radius 1 is 1.17 bits per heavy atom. The molecule has 1 aromatic rings. The molecule has 3 fully saturated rings. The van der Waals surface area contributed by atoms with Crippen molar-refractivity contribution in [1.82, 2.24) is 14.2 Å². The van der Waals surface area contributed by atoms with Gasteiger partial charge in [0.1, 0.15) is 0 Å². The Kier molecular flexibility index (Phi) is 3.69. The van der Waals surface area contributed by atoms with Crippen molar-refractivity contribution in [3.63, 3.8) is 0 Å². The number of carbonyl (C=O) groups is 1. The summed E-state index contributed by atoms with van der Waals surface area (Å²) >= 11 is 0. The first kappa shape index (κ1) is 16.0. The van der Waals surface area contributed by atoms with E-state index in [0.717, 1.165) is 18.4 Å². The van der Waals surface area contributed by atoms with Gasteiger partial charge in [-0.3, -0.25) is 9.78 Å². The normalized spacial score (nSPS) is 27.8. The Bertz CT molecular complexity index is 738. The van der Waals surface area contributed by atoms with Gasteiger partial charge in [-0.2, -0.15) is 0 Å². The summed E-state index contributed by atoms with van der Waals surface area (Å²) in [7, 11) is -1.26. The summed E-state index contributed by atoms with van der Waals surface area (Å²) < 4.78 is 26.6. The van der Waals surface area contributed by atoms with Gasteiger partial charge in [0.05, 0.1) is 10.8 Å². The summed E-state index contributed by atoms with van der Waals surface area (Å²) in [4.78, 5) is 18.4. The third-order valence-electron chi connectivity index (χ3n) is 6.07. The quantitative estimate of drug-likeness (QED) is 0.826. The van der Waals surface area contributed by atoms with Crippen molar-refractivity contribution in [2.75, 3.05) is 20.1 Å². The van der Waals surface area contributed by atoms with Crippen molar-refractivity contribution in [2.45, 2.75) is 48.8 Å². The standard InChI is InChI=1S/C17H23N3O3S/c1-19-16(21)12-15(13-4-8-18-9-5-13)17(19)6-10-20(11-7-17)24(22,23)14-2-3-14/h4-5,8-9,14-15H,2-3,6-7,10-12H2,1H3. The van der Waals surface area contributed by atoms with E-state index in [2.05, 4.69) is 4.98 Å². The minimum atomic E-state index is -3.13. The van der Waals surface area contributed by atoms with Gasteiger partial charge in [-0.1, -0.05) is 0 Å². The predicted molar refractivity (Wildman–Crippen MR) is 89.8 cm³/mol. The van der Waals surface area contributed by atoms with Crippen LogP contribution in [0.1, 0.15) is 43.6 Å². The fourth-order valence-corrected chi connectivity index (χ4v) is 6.24. The number of rotatable bonds is 3. The van der Waals surface area contributed by atoms with E-state index in [9.17, 15) is 13.2 Å². The summed E-state index contributed by atoms with van der Waals surface area (Å²) in [6, 6.07) is 3.96. The van der Waals surface area contributed by atoms with E-state index in [1.54, 1.807) is 16.7 Å². The molecule has 1 aliphatic carbocycles. The van der Waals surface area contributed by atoms with Crippen molar-refractivity contribution in [3.05, 3.63) is 30.1 Å². The van der Waals surface area contributed by atoms with Gasteiger partial charge in [0, 0.05) is 44.9 Å². The van der Waals surface area contributed by atoms with Gasteiger partial charge in [-0.05, 0) is 43.4 Å². The number of amides is 1. The molecule has 1 unspecified atom stereocenters. The maximum atomic E-state index is 12.5. The van der Waals surface area contributed by atoms with Crippen LogP contribution < -0.4 is 0 Å². The molecule has 2 saturated heterocycles. The first-order valence-electron chi connectivity index (χ1n) is 8.61. The van der Waals surface area contributed by atoms with Crippen molar-refractivity contribution in [1.29, 1.82) is 0 Å². The number of carbonyl (C=O) groups excluding carboxylic acids is 1. The molecular weight excluding hydrogens is 326 g/mol. The lowest BCUT2D eigenvalue weighted by atomic mass is 9.74. The molecule has 0 aromatic carbocycles. The fourth-order valence-electron chi connectivity index (χ4n) is 4.40. The SMILES string of the molecule is CN1C(=O)CC(c2ccncc2)C12CCN(S(=O)(=O)C1CC1)CC2. The highest BCUT2D eigenvalue weighted by atomic mass is 32.2. The van der Waals surface area contributed by atoms with Crippen LogP contribution >= 0.6 is 0 Å². The fraction of sp³-hybridized carbons (Fsp3) is 0.647. The van der Waals surface area contributed by atoms with E-state index in [-0.39, 0.29) is 22.6 Å². The van der Waals surface area contributed by atoms with Crippen molar-refractivity contribution < 1.29 is 13.2 Å². The molecule has 1 spiro atoms. The van der Waals surface area contributed by atoms with Crippen LogP contribution in [0, 0.1) is 0 Å². The highest BCUT2D eigenvalue weighted by Gasteiger charge is 2.54. The van der Waals surface area contributed by atoms with Crippen molar-refractivity contribution >= 4 is 15.9 Å². The van der Waals surface area contributed by atoms with Crippen LogP contribution in [-0.4, -0.2) is 59.4 Å². The van der Waals surface area contributed by atoms with Gasteiger partial charge in [0.15, 0.2) is 0 Å². The van der Waals surface area contributed by atoms with Crippen molar-refractivity contribution in [3.8, 4) is 0 Å². The van der Waals surface area contributed by atoms with Gasteiger partial charge in [-0.25, -0.2) is 12.7 Å². The number of aromatic nitrogens is 1. The summed E-state index contributed by atoms with van der Waals surface area (Å²) in [5, 5.41) is -0.162. The first-order valence-corrected chi connectivity index (χ1v) is 10.1. The van der Waals surface area contributed by atoms with E-state index >= 15 is 0 Å². The second-order valence-electron chi connectivity index (χ2n) is 7.24. The van der Waals surface area contributed by atoms with E-state index in [4.69, 9.17) is 0 Å². The molecule has 130 valence electrons. The third kappa shape index (κ3) is 2.37. The maximum Gasteiger partial charge on any atom is 0.223 e. The number of hydrogen-bond donors (Lipinski definition) is 0. The monoisotopic (exact) mass is 349 g/mol. The molecule has 6 nitrogen and oxygen atoms in total. The van der Waals surface area contributed by atoms with Crippen LogP contribution in [-0.2, 0) is 14.8 Å². The first-order chi connectivity index (χ1) is 11.4. The molecule has 7 heteroatoms. The second-order valence-corrected chi connectivity index (χ2v) is 9.45. The van der Waals surface area contributed by atoms with Gasteiger partial charge in [-0.15, -0.1) is 0 Å². The van der Waals surface area contributed by atoms with E-state index < -0.39 is 10.0 Å². The summed E-state index contributed by atoms with van der Waals surface area (Å²) in [6.07, 6.45) is 7.01. The molecular formula is C17H23N3O3S. The lowest BCUT2D eigenvalue weighted by Gasteiger charge is -2.46. The molecule has 3 aliphatic rings. The van der Waals surface area contributed by atoms with Crippen LogP contribution in [0.3, 0.4) is 0 Å². The zero-order chi connectivity index (χ0) is 16.9. The minimum Gasteiger partial charge on any atom is -0.339 e. The molecule has 2 aliphatic heterocycles. The molecule has 3 heterocycles. The number of hydrogen-bond acceptors (Lipinski definition) is 4.